The third-order valence-corrected chi connectivity index (χ3v) is 5.80. The molecular formula is C21H21N5O3S. The zero-order valence-electron chi connectivity index (χ0n) is 16.3. The smallest absolute Gasteiger partial charge is 0.404 e. The topological polar surface area (TPSA) is 107 Å². The van der Waals surface area contributed by atoms with Crippen molar-refractivity contribution in [3.05, 3.63) is 59.1 Å². The first-order valence-corrected chi connectivity index (χ1v) is 10.4. The lowest BCUT2D eigenvalue weighted by Gasteiger charge is -2.17. The fraction of sp³-hybridized carbons (Fsp3) is 0.238. The van der Waals surface area contributed by atoms with Crippen LogP contribution in [-0.2, 0) is 0 Å². The monoisotopic (exact) mass is 423 g/mol. The van der Waals surface area contributed by atoms with Gasteiger partial charge in [-0.1, -0.05) is 30.3 Å². The normalized spacial score (nSPS) is 15.8. The molecule has 1 aliphatic heterocycles. The molecule has 1 fully saturated rings. The third kappa shape index (κ3) is 4.41. The van der Waals surface area contributed by atoms with Gasteiger partial charge < -0.3 is 15.3 Å². The second-order valence-electron chi connectivity index (χ2n) is 7.03. The summed E-state index contributed by atoms with van der Waals surface area (Å²) in [5, 5.41) is 14.7. The zero-order chi connectivity index (χ0) is 21.1. The molecular weight excluding hydrogens is 402 g/mol. The maximum Gasteiger partial charge on any atom is 0.404 e. The Morgan fingerprint density at radius 3 is 2.70 bits per heavy atom. The minimum Gasteiger partial charge on any atom is -0.465 e. The standard InChI is InChI=1S/C21H21N5O3S/c1-13-18(14-5-3-2-4-6-14)24-20(30-13)25-19(27)15-7-8-17(22-11-15)26-10-9-16(12-26)23-21(28)29/h2-8,11,16,23H,9-10,12H2,1H3,(H,28,29)(H,24,25,27). The van der Waals surface area contributed by atoms with Crippen molar-refractivity contribution in [2.45, 2.75) is 19.4 Å². The van der Waals surface area contributed by atoms with E-state index in [4.69, 9.17) is 5.11 Å². The highest BCUT2D eigenvalue weighted by Crippen LogP contribution is 2.30. The Bertz CT molecular complexity index is 1050. The van der Waals surface area contributed by atoms with Gasteiger partial charge in [0.2, 0.25) is 0 Å². The van der Waals surface area contributed by atoms with Gasteiger partial charge in [0.05, 0.1) is 17.3 Å². The Hall–Kier alpha value is -3.46. The average Bonchev–Trinajstić information content (AvgIpc) is 3.34. The van der Waals surface area contributed by atoms with E-state index in [1.165, 1.54) is 17.5 Å². The summed E-state index contributed by atoms with van der Waals surface area (Å²) in [7, 11) is 0. The molecule has 8 nitrogen and oxygen atoms in total. The number of rotatable bonds is 5. The van der Waals surface area contributed by atoms with E-state index >= 15 is 0 Å². The molecule has 1 aliphatic rings. The van der Waals surface area contributed by atoms with Crippen LogP contribution in [0.2, 0.25) is 0 Å². The molecule has 0 radical (unpaired) electrons. The molecule has 3 heterocycles. The predicted molar refractivity (Wildman–Crippen MR) is 116 cm³/mol. The van der Waals surface area contributed by atoms with E-state index in [2.05, 4.69) is 20.6 Å². The van der Waals surface area contributed by atoms with Gasteiger partial charge >= 0.3 is 6.09 Å². The van der Waals surface area contributed by atoms with Crippen molar-refractivity contribution in [3.63, 3.8) is 0 Å². The third-order valence-electron chi connectivity index (χ3n) is 4.91. The van der Waals surface area contributed by atoms with Crippen LogP contribution >= 0.6 is 11.3 Å². The van der Waals surface area contributed by atoms with Crippen LogP contribution in [0.1, 0.15) is 21.7 Å². The number of aryl methyl sites for hydroxylation is 1. The number of thiazole rings is 1. The van der Waals surface area contributed by atoms with Crippen LogP contribution in [-0.4, -0.2) is 46.2 Å². The highest BCUT2D eigenvalue weighted by atomic mass is 32.1. The molecule has 2 aromatic heterocycles. The van der Waals surface area contributed by atoms with Crippen LogP contribution in [0.5, 0.6) is 0 Å². The van der Waals surface area contributed by atoms with Crippen molar-refractivity contribution in [3.8, 4) is 11.3 Å². The maximum absolute atomic E-state index is 12.6. The van der Waals surface area contributed by atoms with Gasteiger partial charge in [-0.25, -0.2) is 14.8 Å². The van der Waals surface area contributed by atoms with Gasteiger partial charge in [0, 0.05) is 29.7 Å². The van der Waals surface area contributed by atoms with Crippen molar-refractivity contribution in [1.29, 1.82) is 0 Å². The van der Waals surface area contributed by atoms with Crippen LogP contribution in [0.4, 0.5) is 15.7 Å². The zero-order valence-corrected chi connectivity index (χ0v) is 17.1. The van der Waals surface area contributed by atoms with Gasteiger partial charge in [0.25, 0.3) is 5.91 Å². The number of carbonyl (C=O) groups is 2. The quantitative estimate of drug-likeness (QED) is 0.579. The molecule has 1 saturated heterocycles. The first-order valence-electron chi connectivity index (χ1n) is 9.54. The second kappa shape index (κ2) is 8.50. The number of amides is 2. The highest BCUT2D eigenvalue weighted by Gasteiger charge is 2.24. The van der Waals surface area contributed by atoms with Crippen molar-refractivity contribution >= 4 is 34.3 Å². The number of anilines is 2. The minimum absolute atomic E-state index is 0.112. The van der Waals surface area contributed by atoms with E-state index < -0.39 is 6.09 Å². The molecule has 4 rings (SSSR count). The van der Waals surface area contributed by atoms with E-state index in [1.54, 1.807) is 12.1 Å². The number of hydrogen-bond acceptors (Lipinski definition) is 6. The van der Waals surface area contributed by atoms with Crippen molar-refractivity contribution in [1.82, 2.24) is 15.3 Å². The molecule has 2 amide bonds. The van der Waals surface area contributed by atoms with Gasteiger partial charge in [-0.15, -0.1) is 11.3 Å². The number of nitrogens with zero attached hydrogens (tertiary/aromatic N) is 3. The first-order chi connectivity index (χ1) is 14.5. The van der Waals surface area contributed by atoms with Gasteiger partial charge in [0.15, 0.2) is 5.13 Å². The largest absolute Gasteiger partial charge is 0.465 e. The molecule has 30 heavy (non-hydrogen) atoms. The van der Waals surface area contributed by atoms with Crippen LogP contribution in [0, 0.1) is 6.92 Å². The molecule has 154 valence electrons. The van der Waals surface area contributed by atoms with Gasteiger partial charge in [-0.05, 0) is 25.5 Å². The van der Waals surface area contributed by atoms with Gasteiger partial charge in [0.1, 0.15) is 5.82 Å². The molecule has 0 spiro atoms. The number of hydrogen-bond donors (Lipinski definition) is 3. The van der Waals surface area contributed by atoms with E-state index in [0.29, 0.717) is 23.8 Å². The Morgan fingerprint density at radius 1 is 1.20 bits per heavy atom. The Morgan fingerprint density at radius 2 is 2.00 bits per heavy atom. The summed E-state index contributed by atoms with van der Waals surface area (Å²) in [5.41, 5.74) is 2.31. The number of carbonyl (C=O) groups excluding carboxylic acids is 1. The molecule has 0 bridgehead atoms. The maximum atomic E-state index is 12.6. The minimum atomic E-state index is -1.02. The first kappa shape index (κ1) is 19.8. The summed E-state index contributed by atoms with van der Waals surface area (Å²) < 4.78 is 0. The summed E-state index contributed by atoms with van der Waals surface area (Å²) in [6, 6.07) is 13.2. The van der Waals surface area contributed by atoms with Gasteiger partial charge in [-0.3, -0.25) is 10.1 Å². The molecule has 3 N–H and O–H groups in total. The second-order valence-corrected chi connectivity index (χ2v) is 8.23. The fourth-order valence-corrected chi connectivity index (χ4v) is 4.28. The number of carboxylic acid groups (broad SMARTS) is 1. The number of pyridine rings is 1. The molecule has 1 atom stereocenters. The van der Waals surface area contributed by atoms with Crippen molar-refractivity contribution < 1.29 is 14.7 Å². The van der Waals surface area contributed by atoms with E-state index in [1.807, 2.05) is 42.2 Å². The molecule has 1 unspecified atom stereocenters. The molecule has 9 heteroatoms. The predicted octanol–water partition coefficient (Wildman–Crippen LogP) is 3.61. The summed E-state index contributed by atoms with van der Waals surface area (Å²) in [6.45, 7) is 3.25. The molecule has 0 saturated carbocycles. The average molecular weight is 423 g/mol. The van der Waals surface area contributed by atoms with Crippen LogP contribution < -0.4 is 15.5 Å². The lowest BCUT2D eigenvalue weighted by atomic mass is 10.1. The van der Waals surface area contributed by atoms with Gasteiger partial charge in [-0.2, -0.15) is 0 Å². The van der Waals surface area contributed by atoms with Crippen LogP contribution in [0.15, 0.2) is 48.7 Å². The lowest BCUT2D eigenvalue weighted by Crippen LogP contribution is -2.36. The summed E-state index contributed by atoms with van der Waals surface area (Å²) in [6.07, 6.45) is 1.24. The summed E-state index contributed by atoms with van der Waals surface area (Å²) in [4.78, 5) is 35.4. The SMILES string of the molecule is Cc1sc(NC(=O)c2ccc(N3CCC(NC(=O)O)C3)nc2)nc1-c1ccccc1. The molecule has 0 aliphatic carbocycles. The highest BCUT2D eigenvalue weighted by molar-refractivity contribution is 7.16. The van der Waals surface area contributed by atoms with Crippen molar-refractivity contribution in [2.75, 3.05) is 23.3 Å². The summed E-state index contributed by atoms with van der Waals surface area (Å²) in [5.74, 6) is 0.451. The number of aromatic nitrogens is 2. The van der Waals surface area contributed by atoms with Crippen molar-refractivity contribution in [2.24, 2.45) is 0 Å². The Kier molecular flexibility index (Phi) is 5.62. The number of nitrogens with one attached hydrogen (secondary N) is 2. The van der Waals surface area contributed by atoms with Crippen LogP contribution in [0.25, 0.3) is 11.3 Å². The lowest BCUT2D eigenvalue weighted by molar-refractivity contribution is 0.102. The van der Waals surface area contributed by atoms with Crippen LogP contribution in [0.3, 0.4) is 0 Å². The Balaban J connectivity index is 1.41. The molecule has 1 aromatic carbocycles. The van der Waals surface area contributed by atoms with E-state index in [0.717, 1.165) is 28.4 Å². The fourth-order valence-electron chi connectivity index (χ4n) is 3.45. The van der Waals surface area contributed by atoms with E-state index in [9.17, 15) is 9.59 Å². The van der Waals surface area contributed by atoms with E-state index in [-0.39, 0.29) is 11.9 Å². The number of benzene rings is 1. The summed E-state index contributed by atoms with van der Waals surface area (Å²) >= 11 is 1.43. The Labute approximate surface area is 177 Å². The molecule has 3 aromatic rings.